The molecule has 3 rings (SSSR count). The predicted molar refractivity (Wildman–Crippen MR) is 96.5 cm³/mol. The molecule has 0 aliphatic carbocycles. The number of aryl methyl sites for hydroxylation is 1. The van der Waals surface area contributed by atoms with E-state index in [0.717, 1.165) is 49.2 Å². The Kier molecular flexibility index (Phi) is 5.63. The Morgan fingerprint density at radius 3 is 3.00 bits per heavy atom. The fraction of sp³-hybridized carbons (Fsp3) is 0.474. The molecule has 4 nitrogen and oxygen atoms in total. The number of nitrogens with zero attached hydrogens (tertiary/aromatic N) is 2. The minimum Gasteiger partial charge on any atom is -0.380 e. The van der Waals surface area contributed by atoms with Crippen LogP contribution in [-0.2, 0) is 17.8 Å². The fourth-order valence-electron chi connectivity index (χ4n) is 3.22. The first-order valence-electron chi connectivity index (χ1n) is 8.53. The molecule has 1 fully saturated rings. The number of carbonyl (C=O) groups is 1. The molecule has 24 heavy (non-hydrogen) atoms. The molecule has 1 aliphatic rings. The average molecular weight is 344 g/mol. The summed E-state index contributed by atoms with van der Waals surface area (Å²) in [7, 11) is 1.66. The van der Waals surface area contributed by atoms with E-state index in [1.165, 1.54) is 5.01 Å². The van der Waals surface area contributed by atoms with Crippen molar-refractivity contribution in [1.29, 1.82) is 0 Å². The van der Waals surface area contributed by atoms with Crippen LogP contribution in [0.25, 0.3) is 0 Å². The Bertz CT molecular complexity index is 698. The largest absolute Gasteiger partial charge is 0.380 e. The van der Waals surface area contributed by atoms with Crippen LogP contribution in [-0.4, -0.2) is 36.0 Å². The van der Waals surface area contributed by atoms with E-state index in [-0.39, 0.29) is 5.91 Å². The quantitative estimate of drug-likeness (QED) is 0.827. The highest BCUT2D eigenvalue weighted by atomic mass is 32.1. The highest BCUT2D eigenvalue weighted by Gasteiger charge is 2.28. The van der Waals surface area contributed by atoms with Gasteiger partial charge in [0.25, 0.3) is 5.91 Å². The molecular weight excluding hydrogens is 320 g/mol. The number of methoxy groups -OCH3 is 1. The second-order valence-corrected chi connectivity index (χ2v) is 7.10. The molecule has 0 radical (unpaired) electrons. The van der Waals surface area contributed by atoms with Gasteiger partial charge in [0.15, 0.2) is 0 Å². The number of ether oxygens (including phenoxy) is 1. The summed E-state index contributed by atoms with van der Waals surface area (Å²) < 4.78 is 5.23. The molecule has 0 unspecified atom stereocenters. The fourth-order valence-corrected chi connectivity index (χ4v) is 4.25. The number of aromatic nitrogens is 1. The standard InChI is InChI=1S/C19H24N2O2S/c1-3-16-13-24-18(20-16)14-8-6-10-21(11-14)19(22)17-9-5-4-7-15(17)12-23-2/h4-5,7,9,13-14H,3,6,8,10-12H2,1-2H3/t14-/m1/s1. The summed E-state index contributed by atoms with van der Waals surface area (Å²) in [6.45, 7) is 4.17. The number of piperidine rings is 1. The van der Waals surface area contributed by atoms with Crippen molar-refractivity contribution in [2.75, 3.05) is 20.2 Å². The van der Waals surface area contributed by atoms with Crippen molar-refractivity contribution in [2.45, 2.75) is 38.7 Å². The second-order valence-electron chi connectivity index (χ2n) is 6.21. The summed E-state index contributed by atoms with van der Waals surface area (Å²) >= 11 is 1.73. The Morgan fingerprint density at radius 2 is 2.25 bits per heavy atom. The lowest BCUT2D eigenvalue weighted by Crippen LogP contribution is -2.39. The summed E-state index contributed by atoms with van der Waals surface area (Å²) in [5.74, 6) is 0.474. The van der Waals surface area contributed by atoms with Crippen LogP contribution in [0.5, 0.6) is 0 Å². The molecule has 1 amide bonds. The summed E-state index contributed by atoms with van der Waals surface area (Å²) in [5, 5.41) is 3.32. The van der Waals surface area contributed by atoms with E-state index < -0.39 is 0 Å². The Balaban J connectivity index is 1.76. The predicted octanol–water partition coefficient (Wildman–Crippen LogP) is 3.87. The van der Waals surface area contributed by atoms with Crippen LogP contribution in [0.15, 0.2) is 29.6 Å². The molecule has 0 saturated carbocycles. The molecule has 128 valence electrons. The lowest BCUT2D eigenvalue weighted by atomic mass is 9.97. The molecule has 2 heterocycles. The smallest absolute Gasteiger partial charge is 0.254 e. The minimum atomic E-state index is 0.111. The number of carbonyl (C=O) groups excluding carboxylic acids is 1. The van der Waals surface area contributed by atoms with E-state index in [2.05, 4.69) is 12.3 Å². The van der Waals surface area contributed by atoms with Gasteiger partial charge >= 0.3 is 0 Å². The van der Waals surface area contributed by atoms with Gasteiger partial charge in [-0.15, -0.1) is 11.3 Å². The van der Waals surface area contributed by atoms with Crippen molar-refractivity contribution in [2.24, 2.45) is 0 Å². The Morgan fingerprint density at radius 1 is 1.42 bits per heavy atom. The van der Waals surface area contributed by atoms with Gasteiger partial charge in [0.05, 0.1) is 17.3 Å². The van der Waals surface area contributed by atoms with Gasteiger partial charge in [0, 0.05) is 37.1 Å². The number of hydrogen-bond donors (Lipinski definition) is 0. The topological polar surface area (TPSA) is 42.4 Å². The van der Waals surface area contributed by atoms with Crippen LogP contribution in [0.1, 0.15) is 52.3 Å². The van der Waals surface area contributed by atoms with Crippen molar-refractivity contribution in [3.05, 3.63) is 51.5 Å². The molecule has 1 aromatic heterocycles. The number of rotatable bonds is 5. The van der Waals surface area contributed by atoms with Gasteiger partial charge in [-0.1, -0.05) is 25.1 Å². The van der Waals surface area contributed by atoms with Crippen LogP contribution in [0.4, 0.5) is 0 Å². The zero-order valence-corrected chi connectivity index (χ0v) is 15.1. The Labute approximate surface area is 147 Å². The van der Waals surface area contributed by atoms with Crippen LogP contribution in [0.3, 0.4) is 0 Å². The first-order valence-corrected chi connectivity index (χ1v) is 9.41. The first-order chi connectivity index (χ1) is 11.7. The maximum absolute atomic E-state index is 13.0. The van der Waals surface area contributed by atoms with Crippen LogP contribution in [0.2, 0.25) is 0 Å². The van der Waals surface area contributed by atoms with Gasteiger partial charge in [0.2, 0.25) is 0 Å². The zero-order valence-electron chi connectivity index (χ0n) is 14.3. The highest BCUT2D eigenvalue weighted by Crippen LogP contribution is 2.30. The third-order valence-electron chi connectivity index (χ3n) is 4.54. The number of hydrogen-bond acceptors (Lipinski definition) is 4. The zero-order chi connectivity index (χ0) is 16.9. The summed E-state index contributed by atoms with van der Waals surface area (Å²) in [5.41, 5.74) is 2.87. The normalized spacial score (nSPS) is 17.9. The third kappa shape index (κ3) is 3.68. The molecule has 0 N–H and O–H groups in total. The summed E-state index contributed by atoms with van der Waals surface area (Å²) in [6.07, 6.45) is 3.11. The van der Waals surface area contributed by atoms with E-state index in [9.17, 15) is 4.79 Å². The van der Waals surface area contributed by atoms with E-state index in [1.54, 1.807) is 18.4 Å². The van der Waals surface area contributed by atoms with Gasteiger partial charge in [-0.05, 0) is 30.9 Å². The van der Waals surface area contributed by atoms with Gasteiger partial charge in [-0.3, -0.25) is 4.79 Å². The first kappa shape index (κ1) is 17.1. The molecular formula is C19H24N2O2S. The third-order valence-corrected chi connectivity index (χ3v) is 5.59. The van der Waals surface area contributed by atoms with Crippen LogP contribution >= 0.6 is 11.3 Å². The molecule has 1 aromatic carbocycles. The molecule has 1 atom stereocenters. The molecule has 0 bridgehead atoms. The van der Waals surface area contributed by atoms with Crippen molar-refractivity contribution >= 4 is 17.2 Å². The van der Waals surface area contributed by atoms with E-state index in [4.69, 9.17) is 9.72 Å². The average Bonchev–Trinajstić information content (AvgIpc) is 3.11. The van der Waals surface area contributed by atoms with Crippen LogP contribution in [0, 0.1) is 0 Å². The lowest BCUT2D eigenvalue weighted by Gasteiger charge is -2.32. The summed E-state index contributed by atoms with van der Waals surface area (Å²) in [4.78, 5) is 19.7. The van der Waals surface area contributed by atoms with Crippen molar-refractivity contribution in [1.82, 2.24) is 9.88 Å². The number of thiazole rings is 1. The number of amides is 1. The number of likely N-dealkylation sites (tertiary alicyclic amines) is 1. The minimum absolute atomic E-state index is 0.111. The van der Waals surface area contributed by atoms with Crippen molar-refractivity contribution < 1.29 is 9.53 Å². The monoisotopic (exact) mass is 344 g/mol. The molecule has 5 heteroatoms. The molecule has 1 aliphatic heterocycles. The van der Waals surface area contributed by atoms with Crippen LogP contribution < -0.4 is 0 Å². The summed E-state index contributed by atoms with van der Waals surface area (Å²) in [6, 6.07) is 7.74. The van der Waals surface area contributed by atoms with Gasteiger partial charge < -0.3 is 9.64 Å². The van der Waals surface area contributed by atoms with Gasteiger partial charge in [0.1, 0.15) is 0 Å². The van der Waals surface area contributed by atoms with Crippen molar-refractivity contribution in [3.8, 4) is 0 Å². The number of benzene rings is 1. The maximum atomic E-state index is 13.0. The maximum Gasteiger partial charge on any atom is 0.254 e. The highest BCUT2D eigenvalue weighted by molar-refractivity contribution is 7.09. The van der Waals surface area contributed by atoms with E-state index in [1.807, 2.05) is 29.2 Å². The SMILES string of the molecule is CCc1csc([C@@H]2CCCN(C(=O)c3ccccc3COC)C2)n1. The van der Waals surface area contributed by atoms with E-state index >= 15 is 0 Å². The Hall–Kier alpha value is -1.72. The van der Waals surface area contributed by atoms with Crippen molar-refractivity contribution in [3.63, 3.8) is 0 Å². The lowest BCUT2D eigenvalue weighted by molar-refractivity contribution is 0.0702. The van der Waals surface area contributed by atoms with E-state index in [0.29, 0.717) is 12.5 Å². The molecule has 2 aromatic rings. The second kappa shape index (κ2) is 7.90. The van der Waals surface area contributed by atoms with Gasteiger partial charge in [-0.25, -0.2) is 4.98 Å². The molecule has 1 saturated heterocycles. The van der Waals surface area contributed by atoms with Gasteiger partial charge in [-0.2, -0.15) is 0 Å². The molecule has 0 spiro atoms.